The number of carbonyl (C=O) groups excluding carboxylic acids is 2. The highest BCUT2D eigenvalue weighted by Gasteiger charge is 2.23. The van der Waals surface area contributed by atoms with Crippen molar-refractivity contribution >= 4 is 11.8 Å². The summed E-state index contributed by atoms with van der Waals surface area (Å²) in [5.74, 6) is 0.112. The van der Waals surface area contributed by atoms with Crippen LogP contribution in [0.1, 0.15) is 19.3 Å². The van der Waals surface area contributed by atoms with Crippen LogP contribution in [0, 0.1) is 5.92 Å². The number of primary amides is 1. The van der Waals surface area contributed by atoms with Gasteiger partial charge < -0.3 is 15.4 Å². The molecular weight excluding hydrogens is 196 g/mol. The molecule has 0 atom stereocenters. The first-order valence-corrected chi connectivity index (χ1v) is 5.18. The Morgan fingerprint density at radius 1 is 1.40 bits per heavy atom. The maximum atomic E-state index is 11.4. The van der Waals surface area contributed by atoms with E-state index >= 15 is 0 Å². The van der Waals surface area contributed by atoms with E-state index in [0.717, 1.165) is 12.8 Å². The van der Waals surface area contributed by atoms with Crippen LogP contribution in [0.15, 0.2) is 0 Å². The van der Waals surface area contributed by atoms with Crippen molar-refractivity contribution in [1.29, 1.82) is 0 Å². The highest BCUT2D eigenvalue weighted by Crippen LogP contribution is 2.19. The molecular formula is C10H18N2O3. The van der Waals surface area contributed by atoms with Gasteiger partial charge >= 0.3 is 0 Å². The van der Waals surface area contributed by atoms with Crippen LogP contribution in [-0.4, -0.2) is 43.5 Å². The van der Waals surface area contributed by atoms with Gasteiger partial charge in [0.2, 0.25) is 11.8 Å². The molecule has 0 aromatic rings. The van der Waals surface area contributed by atoms with Crippen molar-refractivity contribution in [3.05, 3.63) is 0 Å². The molecule has 0 radical (unpaired) electrons. The minimum Gasteiger partial charge on any atom is -0.375 e. The molecule has 1 aliphatic heterocycles. The Morgan fingerprint density at radius 3 is 2.47 bits per heavy atom. The van der Waals surface area contributed by atoms with Crippen molar-refractivity contribution < 1.29 is 14.3 Å². The van der Waals surface area contributed by atoms with E-state index in [2.05, 4.69) is 0 Å². The molecule has 2 N–H and O–H groups in total. The molecule has 0 aromatic carbocycles. The smallest absolute Gasteiger partial charge is 0.248 e. The van der Waals surface area contributed by atoms with E-state index in [4.69, 9.17) is 10.5 Å². The van der Waals surface area contributed by atoms with Gasteiger partial charge in [-0.25, -0.2) is 0 Å². The Bertz CT molecular complexity index is 235. The lowest BCUT2D eigenvalue weighted by atomic mass is 9.93. The van der Waals surface area contributed by atoms with E-state index in [-0.39, 0.29) is 18.4 Å². The zero-order valence-electron chi connectivity index (χ0n) is 9.07. The van der Waals surface area contributed by atoms with Crippen LogP contribution in [-0.2, 0) is 14.3 Å². The number of methoxy groups -OCH3 is 1. The molecule has 1 fully saturated rings. The van der Waals surface area contributed by atoms with Crippen LogP contribution < -0.4 is 5.73 Å². The summed E-state index contributed by atoms with van der Waals surface area (Å²) in [6, 6.07) is 0. The van der Waals surface area contributed by atoms with E-state index < -0.39 is 0 Å². The monoisotopic (exact) mass is 214 g/mol. The fourth-order valence-corrected chi connectivity index (χ4v) is 1.89. The van der Waals surface area contributed by atoms with E-state index in [1.807, 2.05) is 0 Å². The summed E-state index contributed by atoms with van der Waals surface area (Å²) in [6.07, 6.45) is 2.16. The SMILES string of the molecule is COCC(=O)N1CCC(CC(N)=O)CC1. The Balaban J connectivity index is 2.29. The summed E-state index contributed by atoms with van der Waals surface area (Å²) in [5, 5.41) is 0. The maximum Gasteiger partial charge on any atom is 0.248 e. The van der Waals surface area contributed by atoms with Gasteiger partial charge in [0, 0.05) is 26.6 Å². The normalized spacial score (nSPS) is 17.8. The second kappa shape index (κ2) is 5.70. The van der Waals surface area contributed by atoms with Crippen LogP contribution >= 0.6 is 0 Å². The van der Waals surface area contributed by atoms with Crippen molar-refractivity contribution in [2.45, 2.75) is 19.3 Å². The quantitative estimate of drug-likeness (QED) is 0.701. The fourth-order valence-electron chi connectivity index (χ4n) is 1.89. The molecule has 1 aliphatic rings. The maximum absolute atomic E-state index is 11.4. The summed E-state index contributed by atoms with van der Waals surface area (Å²) in [6.45, 7) is 1.56. The molecule has 86 valence electrons. The van der Waals surface area contributed by atoms with Gasteiger partial charge in [0.1, 0.15) is 6.61 Å². The molecule has 0 saturated carbocycles. The minimum absolute atomic E-state index is 0.0232. The lowest BCUT2D eigenvalue weighted by Crippen LogP contribution is -2.40. The van der Waals surface area contributed by atoms with Gasteiger partial charge in [0.05, 0.1) is 0 Å². The molecule has 0 spiro atoms. The highest BCUT2D eigenvalue weighted by atomic mass is 16.5. The van der Waals surface area contributed by atoms with Crippen molar-refractivity contribution in [2.75, 3.05) is 26.8 Å². The predicted molar refractivity (Wildman–Crippen MR) is 55.0 cm³/mol. The zero-order valence-corrected chi connectivity index (χ0v) is 9.07. The minimum atomic E-state index is -0.253. The Morgan fingerprint density at radius 2 is 2.00 bits per heavy atom. The molecule has 0 aliphatic carbocycles. The van der Waals surface area contributed by atoms with Gasteiger partial charge in [-0.1, -0.05) is 0 Å². The number of hydrogen-bond acceptors (Lipinski definition) is 3. The Hall–Kier alpha value is -1.10. The van der Waals surface area contributed by atoms with Crippen molar-refractivity contribution in [3.63, 3.8) is 0 Å². The summed E-state index contributed by atoms with van der Waals surface area (Å²) < 4.78 is 4.78. The largest absolute Gasteiger partial charge is 0.375 e. The number of rotatable bonds is 4. The Kier molecular flexibility index (Phi) is 4.55. The summed E-state index contributed by atoms with van der Waals surface area (Å²) in [7, 11) is 1.51. The lowest BCUT2D eigenvalue weighted by Gasteiger charge is -2.31. The summed E-state index contributed by atoms with van der Waals surface area (Å²) in [5.41, 5.74) is 5.13. The first-order valence-electron chi connectivity index (χ1n) is 5.18. The predicted octanol–water partition coefficient (Wildman–Crippen LogP) is -0.253. The molecule has 0 bridgehead atoms. The summed E-state index contributed by atoms with van der Waals surface area (Å²) in [4.78, 5) is 23.9. The van der Waals surface area contributed by atoms with Gasteiger partial charge in [-0.2, -0.15) is 0 Å². The fraction of sp³-hybridized carbons (Fsp3) is 0.800. The van der Waals surface area contributed by atoms with E-state index in [0.29, 0.717) is 25.4 Å². The molecule has 1 heterocycles. The third kappa shape index (κ3) is 3.87. The van der Waals surface area contributed by atoms with Gasteiger partial charge in [-0.3, -0.25) is 9.59 Å². The standard InChI is InChI=1S/C10H18N2O3/c1-15-7-10(14)12-4-2-8(3-5-12)6-9(11)13/h8H,2-7H2,1H3,(H2,11,13). The lowest BCUT2D eigenvalue weighted by molar-refractivity contribution is -0.136. The van der Waals surface area contributed by atoms with Crippen LogP contribution in [0.4, 0.5) is 0 Å². The number of carbonyl (C=O) groups is 2. The second-order valence-corrected chi connectivity index (χ2v) is 3.93. The van der Waals surface area contributed by atoms with Crippen molar-refractivity contribution in [1.82, 2.24) is 4.90 Å². The number of hydrogen-bond donors (Lipinski definition) is 1. The number of ether oxygens (including phenoxy) is 1. The molecule has 5 nitrogen and oxygen atoms in total. The molecule has 1 rings (SSSR count). The topological polar surface area (TPSA) is 72.6 Å². The van der Waals surface area contributed by atoms with E-state index in [9.17, 15) is 9.59 Å². The van der Waals surface area contributed by atoms with E-state index in [1.165, 1.54) is 7.11 Å². The Labute approximate surface area is 89.6 Å². The number of nitrogens with two attached hydrogens (primary N) is 1. The third-order valence-corrected chi connectivity index (χ3v) is 2.72. The average molecular weight is 214 g/mol. The average Bonchev–Trinajstić information content (AvgIpc) is 2.18. The number of likely N-dealkylation sites (tertiary alicyclic amines) is 1. The molecule has 0 aromatic heterocycles. The first-order chi connectivity index (χ1) is 7.13. The molecule has 5 heteroatoms. The van der Waals surface area contributed by atoms with Gasteiger partial charge in [-0.05, 0) is 18.8 Å². The van der Waals surface area contributed by atoms with E-state index in [1.54, 1.807) is 4.90 Å². The number of nitrogens with zero attached hydrogens (tertiary/aromatic N) is 1. The van der Waals surface area contributed by atoms with Gasteiger partial charge in [0.15, 0.2) is 0 Å². The summed E-state index contributed by atoms with van der Waals surface area (Å²) >= 11 is 0. The molecule has 1 saturated heterocycles. The van der Waals surface area contributed by atoms with Crippen molar-refractivity contribution in [2.24, 2.45) is 11.7 Å². The first kappa shape index (κ1) is 12.0. The zero-order chi connectivity index (χ0) is 11.3. The van der Waals surface area contributed by atoms with Crippen LogP contribution in [0.25, 0.3) is 0 Å². The van der Waals surface area contributed by atoms with Crippen LogP contribution in [0.3, 0.4) is 0 Å². The second-order valence-electron chi connectivity index (χ2n) is 3.93. The molecule has 0 unspecified atom stereocenters. The number of piperidine rings is 1. The molecule has 2 amide bonds. The van der Waals surface area contributed by atoms with Gasteiger partial charge in [0.25, 0.3) is 0 Å². The number of amides is 2. The molecule has 15 heavy (non-hydrogen) atoms. The van der Waals surface area contributed by atoms with Gasteiger partial charge in [-0.15, -0.1) is 0 Å². The van der Waals surface area contributed by atoms with Crippen LogP contribution in [0.5, 0.6) is 0 Å². The highest BCUT2D eigenvalue weighted by molar-refractivity contribution is 5.77. The third-order valence-electron chi connectivity index (χ3n) is 2.72. The van der Waals surface area contributed by atoms with Crippen molar-refractivity contribution in [3.8, 4) is 0 Å². The van der Waals surface area contributed by atoms with Crippen LogP contribution in [0.2, 0.25) is 0 Å².